The Balaban J connectivity index is 2.46. The van der Waals surface area contributed by atoms with Gasteiger partial charge in [-0.2, -0.15) is 0 Å². The number of likely N-dealkylation sites (tertiary alicyclic amines) is 1. The van der Waals surface area contributed by atoms with E-state index in [-0.39, 0.29) is 0 Å². The SMILES string of the molecule is CCCC(C)(CNCC(C)C)CN1CCC(C)(C)C1. The maximum absolute atomic E-state index is 3.68. The lowest BCUT2D eigenvalue weighted by atomic mass is 9.84. The van der Waals surface area contributed by atoms with Gasteiger partial charge < -0.3 is 10.2 Å². The molecule has 1 unspecified atom stereocenters. The Morgan fingerprint density at radius 3 is 2.47 bits per heavy atom. The zero-order valence-corrected chi connectivity index (χ0v) is 14.2. The highest BCUT2D eigenvalue weighted by Crippen LogP contribution is 2.32. The minimum Gasteiger partial charge on any atom is -0.316 e. The van der Waals surface area contributed by atoms with Crippen molar-refractivity contribution in [3.05, 3.63) is 0 Å². The predicted molar refractivity (Wildman–Crippen MR) is 85.6 cm³/mol. The molecule has 0 aliphatic carbocycles. The van der Waals surface area contributed by atoms with Crippen molar-refractivity contribution in [3.63, 3.8) is 0 Å². The van der Waals surface area contributed by atoms with Gasteiger partial charge in [-0.25, -0.2) is 0 Å². The zero-order valence-electron chi connectivity index (χ0n) is 14.2. The first-order valence-electron chi connectivity index (χ1n) is 8.19. The molecule has 0 amide bonds. The third-order valence-corrected chi connectivity index (χ3v) is 4.32. The van der Waals surface area contributed by atoms with E-state index in [9.17, 15) is 0 Å². The summed E-state index contributed by atoms with van der Waals surface area (Å²) in [6.45, 7) is 20.3. The Kier molecular flexibility index (Phi) is 6.32. The molecular weight excluding hydrogens is 232 g/mol. The number of nitrogens with one attached hydrogen (secondary N) is 1. The average molecular weight is 268 g/mol. The molecule has 1 aliphatic heterocycles. The van der Waals surface area contributed by atoms with E-state index in [1.165, 1.54) is 38.9 Å². The highest BCUT2D eigenvalue weighted by atomic mass is 15.2. The molecule has 1 saturated heterocycles. The lowest BCUT2D eigenvalue weighted by Gasteiger charge is -2.35. The summed E-state index contributed by atoms with van der Waals surface area (Å²) in [6.07, 6.45) is 3.97. The van der Waals surface area contributed by atoms with Crippen LogP contribution in [0.5, 0.6) is 0 Å². The molecule has 1 rings (SSSR count). The van der Waals surface area contributed by atoms with Gasteiger partial charge in [0.15, 0.2) is 0 Å². The molecule has 1 N–H and O–H groups in total. The fraction of sp³-hybridized carbons (Fsp3) is 1.00. The van der Waals surface area contributed by atoms with E-state index in [2.05, 4.69) is 51.8 Å². The van der Waals surface area contributed by atoms with Crippen LogP contribution in [0, 0.1) is 16.7 Å². The second-order valence-corrected chi connectivity index (χ2v) is 8.21. The van der Waals surface area contributed by atoms with Gasteiger partial charge in [0.25, 0.3) is 0 Å². The summed E-state index contributed by atoms with van der Waals surface area (Å²) in [4.78, 5) is 2.69. The Morgan fingerprint density at radius 2 is 2.00 bits per heavy atom. The van der Waals surface area contributed by atoms with Crippen LogP contribution >= 0.6 is 0 Å². The standard InChI is InChI=1S/C17H36N2/c1-7-8-17(6,12-18-11-15(2)3)14-19-10-9-16(4,5)13-19/h15,18H,7-14H2,1-6H3. The molecule has 0 bridgehead atoms. The van der Waals surface area contributed by atoms with E-state index in [1.807, 2.05) is 0 Å². The first kappa shape index (κ1) is 17.0. The second-order valence-electron chi connectivity index (χ2n) is 8.21. The Morgan fingerprint density at radius 1 is 1.32 bits per heavy atom. The fourth-order valence-corrected chi connectivity index (χ4v) is 3.39. The van der Waals surface area contributed by atoms with Gasteiger partial charge in [0, 0.05) is 19.6 Å². The molecule has 1 atom stereocenters. The van der Waals surface area contributed by atoms with Crippen LogP contribution in [0.15, 0.2) is 0 Å². The Bertz CT molecular complexity index is 260. The third kappa shape index (κ3) is 6.27. The summed E-state index contributed by atoms with van der Waals surface area (Å²) >= 11 is 0. The van der Waals surface area contributed by atoms with E-state index in [1.54, 1.807) is 0 Å². The molecule has 114 valence electrons. The number of nitrogens with zero attached hydrogens (tertiary/aromatic N) is 1. The van der Waals surface area contributed by atoms with Gasteiger partial charge >= 0.3 is 0 Å². The van der Waals surface area contributed by atoms with Crippen LogP contribution in [0.4, 0.5) is 0 Å². The molecule has 0 aromatic heterocycles. The number of hydrogen-bond donors (Lipinski definition) is 1. The monoisotopic (exact) mass is 268 g/mol. The van der Waals surface area contributed by atoms with Crippen LogP contribution in [0.2, 0.25) is 0 Å². The molecule has 1 fully saturated rings. The summed E-state index contributed by atoms with van der Waals surface area (Å²) in [5.74, 6) is 0.747. The molecule has 2 nitrogen and oxygen atoms in total. The van der Waals surface area contributed by atoms with Gasteiger partial charge in [0.05, 0.1) is 0 Å². The van der Waals surface area contributed by atoms with E-state index in [4.69, 9.17) is 0 Å². The van der Waals surface area contributed by atoms with Crippen LogP contribution < -0.4 is 5.32 Å². The highest BCUT2D eigenvalue weighted by Gasteiger charge is 2.33. The van der Waals surface area contributed by atoms with Gasteiger partial charge in [0.2, 0.25) is 0 Å². The van der Waals surface area contributed by atoms with Gasteiger partial charge in [0.1, 0.15) is 0 Å². The molecule has 1 aliphatic rings. The summed E-state index contributed by atoms with van der Waals surface area (Å²) in [7, 11) is 0. The van der Waals surface area contributed by atoms with Gasteiger partial charge in [-0.05, 0) is 42.7 Å². The molecule has 0 saturated carbocycles. The maximum Gasteiger partial charge on any atom is 0.00477 e. The predicted octanol–water partition coefficient (Wildman–Crippen LogP) is 3.77. The highest BCUT2D eigenvalue weighted by molar-refractivity contribution is 4.88. The van der Waals surface area contributed by atoms with E-state index in [0.717, 1.165) is 19.0 Å². The van der Waals surface area contributed by atoms with Crippen LogP contribution in [0.3, 0.4) is 0 Å². The first-order chi connectivity index (χ1) is 8.76. The minimum atomic E-state index is 0.435. The van der Waals surface area contributed by atoms with E-state index < -0.39 is 0 Å². The zero-order chi connectivity index (χ0) is 14.5. The van der Waals surface area contributed by atoms with Crippen LogP contribution in [-0.4, -0.2) is 37.6 Å². The molecule has 19 heavy (non-hydrogen) atoms. The molecule has 0 spiro atoms. The van der Waals surface area contributed by atoms with E-state index >= 15 is 0 Å². The molecule has 0 aromatic rings. The maximum atomic E-state index is 3.68. The minimum absolute atomic E-state index is 0.435. The number of hydrogen-bond acceptors (Lipinski definition) is 2. The van der Waals surface area contributed by atoms with Crippen LogP contribution in [-0.2, 0) is 0 Å². The molecule has 0 aromatic carbocycles. The summed E-state index contributed by atoms with van der Waals surface area (Å²) in [5.41, 5.74) is 0.961. The smallest absolute Gasteiger partial charge is 0.00477 e. The van der Waals surface area contributed by atoms with Gasteiger partial charge in [-0.3, -0.25) is 0 Å². The topological polar surface area (TPSA) is 15.3 Å². The largest absolute Gasteiger partial charge is 0.316 e. The normalized spacial score (nSPS) is 22.9. The summed E-state index contributed by atoms with van der Waals surface area (Å²) < 4.78 is 0. The van der Waals surface area contributed by atoms with Crippen molar-refractivity contribution in [2.24, 2.45) is 16.7 Å². The van der Waals surface area contributed by atoms with Gasteiger partial charge in [-0.1, -0.05) is 48.0 Å². The summed E-state index contributed by atoms with van der Waals surface area (Å²) in [6, 6.07) is 0. The van der Waals surface area contributed by atoms with Crippen molar-refractivity contribution in [3.8, 4) is 0 Å². The van der Waals surface area contributed by atoms with Crippen LogP contribution in [0.25, 0.3) is 0 Å². The number of rotatable bonds is 8. The van der Waals surface area contributed by atoms with Crippen molar-refractivity contribution in [1.82, 2.24) is 10.2 Å². The Labute approximate surface area is 121 Å². The second kappa shape index (κ2) is 7.08. The van der Waals surface area contributed by atoms with Crippen molar-refractivity contribution in [2.75, 3.05) is 32.7 Å². The van der Waals surface area contributed by atoms with Crippen LogP contribution in [0.1, 0.15) is 60.8 Å². The van der Waals surface area contributed by atoms with E-state index in [0.29, 0.717) is 10.8 Å². The van der Waals surface area contributed by atoms with Crippen molar-refractivity contribution < 1.29 is 0 Å². The lowest BCUT2D eigenvalue weighted by Crippen LogP contribution is -2.42. The lowest BCUT2D eigenvalue weighted by molar-refractivity contribution is 0.161. The quantitative estimate of drug-likeness (QED) is 0.721. The molecule has 1 heterocycles. The molecule has 2 heteroatoms. The first-order valence-corrected chi connectivity index (χ1v) is 8.19. The Hall–Kier alpha value is -0.0800. The van der Waals surface area contributed by atoms with Crippen molar-refractivity contribution >= 4 is 0 Å². The summed E-state index contributed by atoms with van der Waals surface area (Å²) in [5, 5.41) is 3.68. The van der Waals surface area contributed by atoms with Crippen molar-refractivity contribution in [1.29, 1.82) is 0 Å². The molecule has 0 radical (unpaired) electrons. The third-order valence-electron chi connectivity index (χ3n) is 4.32. The average Bonchev–Trinajstić information content (AvgIpc) is 2.57. The fourth-order valence-electron chi connectivity index (χ4n) is 3.39. The van der Waals surface area contributed by atoms with Crippen molar-refractivity contribution in [2.45, 2.75) is 60.8 Å². The molecular formula is C17H36N2. The van der Waals surface area contributed by atoms with Gasteiger partial charge in [-0.15, -0.1) is 0 Å².